The number of amides is 1. The number of ether oxygens (including phenoxy) is 2. The minimum Gasteiger partial charge on any atom is -0.497 e. The highest BCUT2D eigenvalue weighted by Crippen LogP contribution is 2.53. The molecule has 1 N–H and O–H groups in total. The summed E-state index contributed by atoms with van der Waals surface area (Å²) in [6.07, 6.45) is 3.33. The summed E-state index contributed by atoms with van der Waals surface area (Å²) in [6, 6.07) is 24.1. The molecule has 1 saturated heterocycles. The zero-order valence-electron chi connectivity index (χ0n) is 20.5. The number of β-lactam (4-membered cyclic amide) rings is 1. The molecule has 1 fully saturated rings. The van der Waals surface area contributed by atoms with Crippen molar-refractivity contribution in [1.29, 1.82) is 0 Å². The summed E-state index contributed by atoms with van der Waals surface area (Å²) >= 11 is 1.49. The molecule has 7 heteroatoms. The monoisotopic (exact) mass is 503 g/mol. The number of carboxylic acids is 1. The van der Waals surface area contributed by atoms with E-state index >= 15 is 0 Å². The van der Waals surface area contributed by atoms with Crippen LogP contribution in [0.1, 0.15) is 30.5 Å². The van der Waals surface area contributed by atoms with Gasteiger partial charge in [-0.25, -0.2) is 4.79 Å². The Morgan fingerprint density at radius 1 is 0.972 bits per heavy atom. The van der Waals surface area contributed by atoms with Gasteiger partial charge in [-0.3, -0.25) is 4.79 Å². The lowest BCUT2D eigenvalue weighted by Crippen LogP contribution is -2.71. The highest BCUT2D eigenvalue weighted by molar-refractivity contribution is 8.01. The molecule has 186 valence electrons. The normalized spacial score (nSPS) is 19.4. The number of nitrogens with zero attached hydrogens (tertiary/aromatic N) is 1. The minimum atomic E-state index is -1.05. The second-order valence-corrected chi connectivity index (χ2v) is 9.87. The van der Waals surface area contributed by atoms with Crippen LogP contribution in [0.5, 0.6) is 11.5 Å². The average molecular weight is 504 g/mol. The van der Waals surface area contributed by atoms with E-state index in [1.54, 1.807) is 25.2 Å². The Kier molecular flexibility index (Phi) is 7.70. The lowest BCUT2D eigenvalue weighted by molar-refractivity contribution is -0.152. The van der Waals surface area contributed by atoms with E-state index in [2.05, 4.69) is 0 Å². The maximum atomic E-state index is 14.1. The number of rotatable bonds is 10. The zero-order valence-corrected chi connectivity index (χ0v) is 21.3. The Balaban J connectivity index is 1.81. The molecule has 1 aliphatic heterocycles. The lowest BCUT2D eigenvalue weighted by atomic mass is 9.79. The lowest BCUT2D eigenvalue weighted by Gasteiger charge is -2.57. The highest BCUT2D eigenvalue weighted by Gasteiger charge is 2.61. The molecule has 0 radical (unpaired) electrons. The first-order chi connectivity index (χ1) is 17.4. The van der Waals surface area contributed by atoms with E-state index in [-0.39, 0.29) is 5.91 Å². The van der Waals surface area contributed by atoms with Gasteiger partial charge in [0.25, 0.3) is 0 Å². The molecule has 0 aromatic heterocycles. The van der Waals surface area contributed by atoms with Crippen molar-refractivity contribution in [2.45, 2.75) is 35.1 Å². The topological polar surface area (TPSA) is 76.1 Å². The first kappa shape index (κ1) is 25.4. The molecule has 0 spiro atoms. The quantitative estimate of drug-likeness (QED) is 0.287. The average Bonchev–Trinajstić information content (AvgIpc) is 2.92. The number of aliphatic carboxylic acids is 1. The number of thioether (sulfide) groups is 1. The molecule has 0 aliphatic carbocycles. The number of carbonyl (C=O) groups excluding carboxylic acids is 1. The number of hydrogen-bond acceptors (Lipinski definition) is 5. The fraction of sp³-hybridized carbons (Fsp3) is 0.241. The maximum Gasteiger partial charge on any atom is 0.328 e. The van der Waals surface area contributed by atoms with Crippen LogP contribution in [0.2, 0.25) is 0 Å². The molecular formula is C29H29NO5S. The standard InChI is InChI=1S/C29H29NO5S/c1-4-29(36-24-8-6-5-7-9-24)25(18-19-26(31)32)30(28(29)33)27(20-10-14-22(34-2)15-11-20)21-12-16-23(35-3)17-13-21/h5-19,25,27H,4H2,1-3H3,(H,31,32)/b19-18+. The molecule has 0 saturated carbocycles. The van der Waals surface area contributed by atoms with E-state index in [0.717, 1.165) is 22.1 Å². The van der Waals surface area contributed by atoms with Crippen molar-refractivity contribution in [3.05, 3.63) is 102 Å². The molecular weight excluding hydrogens is 474 g/mol. The van der Waals surface area contributed by atoms with Gasteiger partial charge in [-0.2, -0.15) is 0 Å². The second-order valence-electron chi connectivity index (χ2n) is 8.46. The number of benzene rings is 3. The molecule has 1 heterocycles. The molecule has 2 unspecified atom stereocenters. The highest BCUT2D eigenvalue weighted by atomic mass is 32.2. The van der Waals surface area contributed by atoms with E-state index in [1.807, 2.05) is 85.8 Å². The van der Waals surface area contributed by atoms with Crippen molar-refractivity contribution in [2.75, 3.05) is 14.2 Å². The third-order valence-corrected chi connectivity index (χ3v) is 8.08. The van der Waals surface area contributed by atoms with E-state index < -0.39 is 22.8 Å². The minimum absolute atomic E-state index is 0.0319. The van der Waals surface area contributed by atoms with Crippen molar-refractivity contribution < 1.29 is 24.2 Å². The van der Waals surface area contributed by atoms with Crippen molar-refractivity contribution in [1.82, 2.24) is 4.90 Å². The fourth-order valence-corrected chi connectivity index (χ4v) is 6.01. The number of carbonyl (C=O) groups is 2. The largest absolute Gasteiger partial charge is 0.497 e. The third-order valence-electron chi connectivity index (χ3n) is 6.50. The summed E-state index contributed by atoms with van der Waals surface area (Å²) in [7, 11) is 3.22. The molecule has 0 bridgehead atoms. The van der Waals surface area contributed by atoms with Crippen LogP contribution in [-0.2, 0) is 9.59 Å². The summed E-state index contributed by atoms with van der Waals surface area (Å²) < 4.78 is 9.85. The van der Waals surface area contributed by atoms with Crippen LogP contribution in [0.15, 0.2) is 95.9 Å². The maximum absolute atomic E-state index is 14.1. The van der Waals surface area contributed by atoms with Gasteiger partial charge in [-0.05, 0) is 53.9 Å². The SMILES string of the molecule is CCC1(Sc2ccccc2)C(=O)N(C(c2ccc(OC)cc2)c2ccc(OC)cc2)C1/C=C/C(=O)O. The van der Waals surface area contributed by atoms with Crippen molar-refractivity contribution >= 4 is 23.6 Å². The molecule has 36 heavy (non-hydrogen) atoms. The van der Waals surface area contributed by atoms with Gasteiger partial charge < -0.3 is 19.5 Å². The summed E-state index contributed by atoms with van der Waals surface area (Å²) in [5.41, 5.74) is 1.80. The van der Waals surface area contributed by atoms with Gasteiger partial charge >= 0.3 is 5.97 Å². The van der Waals surface area contributed by atoms with Gasteiger partial charge in [0, 0.05) is 11.0 Å². The Bertz CT molecular complexity index is 1180. The molecule has 2 atom stereocenters. The van der Waals surface area contributed by atoms with E-state index in [1.165, 1.54) is 11.8 Å². The smallest absolute Gasteiger partial charge is 0.328 e. The predicted molar refractivity (Wildman–Crippen MR) is 141 cm³/mol. The summed E-state index contributed by atoms with van der Waals surface area (Å²) in [5.74, 6) is 0.351. The Labute approximate surface area is 215 Å². The van der Waals surface area contributed by atoms with Crippen LogP contribution in [0.4, 0.5) is 0 Å². The van der Waals surface area contributed by atoms with E-state index in [9.17, 15) is 14.7 Å². The van der Waals surface area contributed by atoms with Gasteiger partial charge in [-0.1, -0.05) is 55.5 Å². The Morgan fingerprint density at radius 2 is 1.50 bits per heavy atom. The molecule has 1 aliphatic rings. The number of likely N-dealkylation sites (tertiary alicyclic amines) is 1. The van der Waals surface area contributed by atoms with Crippen molar-refractivity contribution in [3.63, 3.8) is 0 Å². The Morgan fingerprint density at radius 3 is 1.94 bits per heavy atom. The van der Waals surface area contributed by atoms with Crippen LogP contribution in [0.25, 0.3) is 0 Å². The Hall–Kier alpha value is -3.71. The van der Waals surface area contributed by atoms with Gasteiger partial charge in [0.15, 0.2) is 0 Å². The molecule has 3 aromatic carbocycles. The van der Waals surface area contributed by atoms with Crippen LogP contribution >= 0.6 is 11.8 Å². The molecule has 1 amide bonds. The van der Waals surface area contributed by atoms with Crippen LogP contribution < -0.4 is 9.47 Å². The predicted octanol–water partition coefficient (Wildman–Crippen LogP) is 5.59. The van der Waals surface area contributed by atoms with E-state index in [4.69, 9.17) is 9.47 Å². The first-order valence-corrected chi connectivity index (χ1v) is 12.5. The third kappa shape index (κ3) is 4.84. The fourth-order valence-electron chi connectivity index (χ4n) is 4.65. The van der Waals surface area contributed by atoms with Gasteiger partial charge in [0.2, 0.25) is 5.91 Å². The molecule has 6 nitrogen and oxygen atoms in total. The van der Waals surface area contributed by atoms with Gasteiger partial charge in [0.1, 0.15) is 16.2 Å². The summed E-state index contributed by atoms with van der Waals surface area (Å²) in [5, 5.41) is 9.43. The van der Waals surface area contributed by atoms with Crippen LogP contribution in [0.3, 0.4) is 0 Å². The molecule has 3 aromatic rings. The van der Waals surface area contributed by atoms with Crippen molar-refractivity contribution in [3.8, 4) is 11.5 Å². The first-order valence-electron chi connectivity index (χ1n) is 11.7. The number of hydrogen-bond donors (Lipinski definition) is 1. The molecule has 4 rings (SSSR count). The van der Waals surface area contributed by atoms with Crippen molar-refractivity contribution in [2.24, 2.45) is 0 Å². The number of carboxylic acid groups (broad SMARTS) is 1. The van der Waals surface area contributed by atoms with E-state index in [0.29, 0.717) is 17.9 Å². The van der Waals surface area contributed by atoms with Gasteiger partial charge in [-0.15, -0.1) is 11.8 Å². The summed E-state index contributed by atoms with van der Waals surface area (Å²) in [4.78, 5) is 28.4. The van der Waals surface area contributed by atoms with Gasteiger partial charge in [0.05, 0.1) is 26.3 Å². The van der Waals surface area contributed by atoms with Crippen LogP contribution in [-0.4, -0.2) is 46.9 Å². The zero-order chi connectivity index (χ0) is 25.7. The summed E-state index contributed by atoms with van der Waals surface area (Å²) in [6.45, 7) is 1.97. The van der Waals surface area contributed by atoms with Crippen LogP contribution in [0, 0.1) is 0 Å². The number of methoxy groups -OCH3 is 2. The second kappa shape index (κ2) is 10.9.